The van der Waals surface area contributed by atoms with Gasteiger partial charge in [0, 0.05) is 25.2 Å². The highest BCUT2D eigenvalue weighted by Crippen LogP contribution is 2.33. The third-order valence-electron chi connectivity index (χ3n) is 4.64. The molecule has 3 aromatic rings. The number of anilines is 1. The van der Waals surface area contributed by atoms with Crippen LogP contribution in [0.5, 0.6) is 0 Å². The topological polar surface area (TPSA) is 123 Å². The van der Waals surface area contributed by atoms with E-state index in [0.29, 0.717) is 11.7 Å². The number of hydrogen-bond acceptors (Lipinski definition) is 8. The van der Waals surface area contributed by atoms with Crippen LogP contribution < -0.4 is 4.90 Å². The van der Waals surface area contributed by atoms with Gasteiger partial charge in [0.2, 0.25) is 0 Å². The molecule has 0 fully saturated rings. The number of halogens is 1. The Morgan fingerprint density at radius 3 is 2.12 bits per heavy atom. The molecule has 0 N–H and O–H groups in total. The van der Waals surface area contributed by atoms with Gasteiger partial charge in [-0.25, -0.2) is 4.98 Å². The second-order valence-electron chi connectivity index (χ2n) is 7.44. The van der Waals surface area contributed by atoms with Crippen molar-refractivity contribution in [2.24, 2.45) is 0 Å². The summed E-state index contributed by atoms with van der Waals surface area (Å²) in [5.41, 5.74) is 1.66. The van der Waals surface area contributed by atoms with Crippen molar-refractivity contribution in [3.8, 4) is 0 Å². The van der Waals surface area contributed by atoms with Gasteiger partial charge in [0.1, 0.15) is 0 Å². The monoisotopic (exact) mass is 479 g/mol. The van der Waals surface area contributed by atoms with Crippen LogP contribution >= 0.6 is 23.7 Å². The number of carbonyl (C=O) groups is 1. The molecule has 1 aromatic heterocycles. The normalized spacial score (nSPS) is 10.8. The van der Waals surface area contributed by atoms with E-state index in [1.165, 1.54) is 16.2 Å². The third-order valence-corrected chi connectivity index (χ3v) is 5.66. The van der Waals surface area contributed by atoms with E-state index in [1.54, 1.807) is 0 Å². The summed E-state index contributed by atoms with van der Waals surface area (Å²) in [4.78, 5) is 42.3. The molecule has 10 nitrogen and oxygen atoms in total. The number of carbonyl (C=O) groups excluding carboxylic acids is 1. The van der Waals surface area contributed by atoms with Crippen LogP contribution in [0.2, 0.25) is 0 Å². The van der Waals surface area contributed by atoms with Crippen molar-refractivity contribution in [2.75, 3.05) is 32.1 Å². The maximum absolute atomic E-state index is 13.4. The molecule has 0 radical (unpaired) electrons. The second kappa shape index (κ2) is 9.98. The Morgan fingerprint density at radius 1 is 1.00 bits per heavy atom. The minimum atomic E-state index is -0.752. The number of benzene rings is 2. The van der Waals surface area contributed by atoms with Gasteiger partial charge in [0.15, 0.2) is 5.13 Å². The molecular weight excluding hydrogens is 458 g/mol. The van der Waals surface area contributed by atoms with Crippen LogP contribution in [-0.4, -0.2) is 52.8 Å². The fraction of sp³-hybridized carbons (Fsp3) is 0.300. The average Bonchev–Trinajstić information content (AvgIpc) is 3.11. The SMILES string of the molecule is Cc1cc(C)c2nc(N(CCN(C)C)C(=O)c3cc([N+](=O)[O-])cc([N+](=O)[O-])c3)sc2c1.Cl. The molecule has 0 aliphatic heterocycles. The van der Waals surface area contributed by atoms with Gasteiger partial charge in [0.25, 0.3) is 17.3 Å². The standard InChI is InChI=1S/C20H21N5O5S.ClH/c1-12-7-13(2)18-17(8-12)31-20(21-18)23(6-5-22(3)4)19(26)14-9-15(24(27)28)11-16(10-14)25(29)30;/h7-11H,5-6H2,1-4H3;1H. The minimum absolute atomic E-state index is 0. The summed E-state index contributed by atoms with van der Waals surface area (Å²) < 4.78 is 0.917. The molecule has 12 heteroatoms. The van der Waals surface area contributed by atoms with Crippen LogP contribution in [0.1, 0.15) is 21.5 Å². The highest BCUT2D eigenvalue weighted by Gasteiger charge is 2.26. The van der Waals surface area contributed by atoms with Gasteiger partial charge in [-0.3, -0.25) is 29.9 Å². The number of thiazole rings is 1. The number of nitrogens with zero attached hydrogens (tertiary/aromatic N) is 5. The minimum Gasteiger partial charge on any atom is -0.308 e. The summed E-state index contributed by atoms with van der Waals surface area (Å²) in [5.74, 6) is -0.581. The molecule has 1 heterocycles. The van der Waals surface area contributed by atoms with Gasteiger partial charge in [0.05, 0.1) is 31.7 Å². The zero-order chi connectivity index (χ0) is 22.9. The number of fused-ring (bicyclic) bond motifs is 1. The Hall–Kier alpha value is -3.15. The Morgan fingerprint density at radius 2 is 1.59 bits per heavy atom. The summed E-state index contributed by atoms with van der Waals surface area (Å²) in [6.07, 6.45) is 0. The highest BCUT2D eigenvalue weighted by atomic mass is 35.5. The summed E-state index contributed by atoms with van der Waals surface area (Å²) in [6.45, 7) is 4.69. The molecule has 0 unspecified atom stereocenters. The van der Waals surface area contributed by atoms with E-state index >= 15 is 0 Å². The number of rotatable bonds is 7. The molecule has 0 spiro atoms. The average molecular weight is 480 g/mol. The molecule has 0 aliphatic rings. The number of non-ortho nitro benzene ring substituents is 2. The van der Waals surface area contributed by atoms with Crippen LogP contribution in [0.4, 0.5) is 16.5 Å². The predicted octanol–water partition coefficient (Wildman–Crippen LogP) is 4.36. The van der Waals surface area contributed by atoms with Gasteiger partial charge in [-0.1, -0.05) is 17.4 Å². The predicted molar refractivity (Wildman–Crippen MR) is 126 cm³/mol. The Kier molecular flexibility index (Phi) is 7.83. The number of nitro benzene ring substituents is 2. The molecule has 0 bridgehead atoms. The number of amides is 1. The quantitative estimate of drug-likeness (QED) is 0.364. The molecule has 32 heavy (non-hydrogen) atoms. The largest absolute Gasteiger partial charge is 0.308 e. The third kappa shape index (κ3) is 5.36. The van der Waals surface area contributed by atoms with Crippen molar-refractivity contribution < 1.29 is 14.6 Å². The van der Waals surface area contributed by atoms with Gasteiger partial charge in [-0.05, 0) is 45.1 Å². The zero-order valence-corrected chi connectivity index (χ0v) is 19.5. The van der Waals surface area contributed by atoms with Crippen LogP contribution in [0.3, 0.4) is 0 Å². The summed E-state index contributed by atoms with van der Waals surface area (Å²) >= 11 is 1.34. The number of hydrogen-bond donors (Lipinski definition) is 0. The van der Waals surface area contributed by atoms with Crippen LogP contribution in [-0.2, 0) is 0 Å². The van der Waals surface area contributed by atoms with Crippen molar-refractivity contribution >= 4 is 56.4 Å². The summed E-state index contributed by atoms with van der Waals surface area (Å²) in [7, 11) is 3.71. The number of aryl methyl sites for hydroxylation is 2. The van der Waals surface area contributed by atoms with Gasteiger partial charge in [-0.2, -0.15) is 0 Å². The molecular formula is C20H22ClN5O5S. The lowest BCUT2D eigenvalue weighted by atomic mass is 10.1. The molecule has 3 rings (SSSR count). The van der Waals surface area contributed by atoms with Crippen LogP contribution in [0.25, 0.3) is 10.2 Å². The number of aromatic nitrogens is 1. The van der Waals surface area contributed by atoms with E-state index in [9.17, 15) is 25.0 Å². The number of nitro groups is 2. The summed E-state index contributed by atoms with van der Waals surface area (Å²) in [6, 6.07) is 6.93. The van der Waals surface area contributed by atoms with Crippen molar-refractivity contribution in [2.45, 2.75) is 13.8 Å². The first kappa shape index (κ1) is 25.1. The summed E-state index contributed by atoms with van der Waals surface area (Å²) in [5, 5.41) is 22.9. The Bertz CT molecular complexity index is 1160. The van der Waals surface area contributed by atoms with Gasteiger partial charge >= 0.3 is 0 Å². The van der Waals surface area contributed by atoms with E-state index in [-0.39, 0.29) is 24.5 Å². The molecule has 0 atom stereocenters. The lowest BCUT2D eigenvalue weighted by Crippen LogP contribution is -2.36. The van der Waals surface area contributed by atoms with Crippen LogP contribution in [0, 0.1) is 34.1 Å². The molecule has 0 saturated heterocycles. The fourth-order valence-electron chi connectivity index (χ4n) is 3.14. The molecule has 0 saturated carbocycles. The van der Waals surface area contributed by atoms with E-state index in [4.69, 9.17) is 0 Å². The highest BCUT2D eigenvalue weighted by molar-refractivity contribution is 7.22. The van der Waals surface area contributed by atoms with Gasteiger partial charge < -0.3 is 4.90 Å². The lowest BCUT2D eigenvalue weighted by molar-refractivity contribution is -0.394. The van der Waals surface area contributed by atoms with Crippen LogP contribution in [0.15, 0.2) is 30.3 Å². The van der Waals surface area contributed by atoms with Gasteiger partial charge in [-0.15, -0.1) is 12.4 Å². The van der Waals surface area contributed by atoms with E-state index in [1.807, 2.05) is 45.0 Å². The second-order valence-corrected chi connectivity index (χ2v) is 8.45. The Labute approximate surface area is 194 Å². The fourth-order valence-corrected chi connectivity index (χ4v) is 4.31. The Balaban J connectivity index is 0.00000363. The molecule has 1 amide bonds. The van der Waals surface area contributed by atoms with Crippen molar-refractivity contribution in [3.63, 3.8) is 0 Å². The van der Waals surface area contributed by atoms with Crippen molar-refractivity contribution in [1.29, 1.82) is 0 Å². The first-order valence-corrected chi connectivity index (χ1v) is 10.2. The van der Waals surface area contributed by atoms with Crippen molar-refractivity contribution in [3.05, 3.63) is 67.3 Å². The molecule has 0 aliphatic carbocycles. The van der Waals surface area contributed by atoms with E-state index in [0.717, 1.165) is 39.5 Å². The zero-order valence-electron chi connectivity index (χ0n) is 17.9. The number of likely N-dealkylation sites (N-methyl/N-ethyl adjacent to an activating group) is 1. The maximum Gasteiger partial charge on any atom is 0.277 e. The molecule has 170 valence electrons. The van der Waals surface area contributed by atoms with E-state index < -0.39 is 27.1 Å². The smallest absolute Gasteiger partial charge is 0.277 e. The van der Waals surface area contributed by atoms with E-state index in [2.05, 4.69) is 4.98 Å². The molecule has 2 aromatic carbocycles. The first-order valence-electron chi connectivity index (χ1n) is 9.35. The lowest BCUT2D eigenvalue weighted by Gasteiger charge is -2.22. The maximum atomic E-state index is 13.4. The van der Waals surface area contributed by atoms with Crippen molar-refractivity contribution in [1.82, 2.24) is 9.88 Å². The first-order chi connectivity index (χ1) is 14.6.